The molecule has 34 heavy (non-hydrogen) atoms. The lowest BCUT2D eigenvalue weighted by atomic mass is 9.69. The average Bonchev–Trinajstić information content (AvgIpc) is 3.28. The van der Waals surface area contributed by atoms with Crippen molar-refractivity contribution in [3.8, 4) is 11.5 Å². The molecule has 1 N–H and O–H groups in total. The number of methoxy groups -OCH3 is 1. The Balaban J connectivity index is 1.78. The van der Waals surface area contributed by atoms with Crippen LogP contribution in [0.5, 0.6) is 11.5 Å². The quantitative estimate of drug-likeness (QED) is 0.353. The SMILES string of the molecule is CCSCCOC(=O)C1=C(C)NC2=C(C(=O)[C@H](C(=O)OC)[C@H](C)C2)[C@@H]1c1ccc2c(c1)OCO2. The van der Waals surface area contributed by atoms with Crippen LogP contribution in [-0.2, 0) is 23.9 Å². The van der Waals surface area contributed by atoms with Gasteiger partial charge in [0.15, 0.2) is 17.3 Å². The van der Waals surface area contributed by atoms with Crippen LogP contribution in [-0.4, -0.2) is 49.7 Å². The summed E-state index contributed by atoms with van der Waals surface area (Å²) in [6.07, 6.45) is 0.481. The Hall–Kier alpha value is -2.94. The number of rotatable bonds is 7. The summed E-state index contributed by atoms with van der Waals surface area (Å²) in [6.45, 7) is 6.08. The van der Waals surface area contributed by atoms with Crippen molar-refractivity contribution in [2.75, 3.05) is 32.0 Å². The van der Waals surface area contributed by atoms with E-state index in [1.807, 2.05) is 26.8 Å². The van der Waals surface area contributed by atoms with Gasteiger partial charge >= 0.3 is 11.9 Å². The number of Topliss-reactive ketones (excluding diaryl/α,β-unsaturated/α-hetero) is 1. The second-order valence-corrected chi connectivity index (χ2v) is 9.87. The number of ether oxygens (including phenoxy) is 4. The monoisotopic (exact) mass is 487 g/mol. The summed E-state index contributed by atoms with van der Waals surface area (Å²) in [5.41, 5.74) is 2.79. The number of carbonyl (C=O) groups is 3. The lowest BCUT2D eigenvalue weighted by Crippen LogP contribution is -2.43. The van der Waals surface area contributed by atoms with Gasteiger partial charge in [0, 0.05) is 28.6 Å². The first kappa shape index (κ1) is 24.2. The van der Waals surface area contributed by atoms with Crippen molar-refractivity contribution in [1.82, 2.24) is 5.32 Å². The molecule has 0 unspecified atom stereocenters. The number of allylic oxidation sites excluding steroid dienone is 3. The average molecular weight is 488 g/mol. The molecule has 0 spiro atoms. The summed E-state index contributed by atoms with van der Waals surface area (Å²) in [4.78, 5) is 39.5. The number of fused-ring (bicyclic) bond motifs is 1. The molecule has 3 aliphatic rings. The van der Waals surface area contributed by atoms with Crippen LogP contribution in [0.1, 0.15) is 38.7 Å². The minimum atomic E-state index is -0.932. The minimum Gasteiger partial charge on any atom is -0.468 e. The van der Waals surface area contributed by atoms with Gasteiger partial charge in [-0.3, -0.25) is 9.59 Å². The molecule has 0 aromatic heterocycles. The van der Waals surface area contributed by atoms with E-state index in [0.29, 0.717) is 46.1 Å². The zero-order chi connectivity index (χ0) is 24.4. The van der Waals surface area contributed by atoms with Crippen molar-refractivity contribution >= 4 is 29.5 Å². The third-order valence-corrected chi connectivity index (χ3v) is 7.22. The van der Waals surface area contributed by atoms with Crippen LogP contribution in [0.4, 0.5) is 0 Å². The van der Waals surface area contributed by atoms with Gasteiger partial charge in [-0.15, -0.1) is 0 Å². The Morgan fingerprint density at radius 2 is 2.00 bits per heavy atom. The van der Waals surface area contributed by atoms with E-state index in [-0.39, 0.29) is 25.1 Å². The molecule has 0 amide bonds. The van der Waals surface area contributed by atoms with Gasteiger partial charge in [0.1, 0.15) is 12.5 Å². The Bertz CT molecular complexity index is 1080. The van der Waals surface area contributed by atoms with Crippen LogP contribution in [0.2, 0.25) is 0 Å². The lowest BCUT2D eigenvalue weighted by molar-refractivity contribution is -0.151. The molecule has 4 rings (SSSR count). The van der Waals surface area contributed by atoms with Crippen molar-refractivity contribution in [3.63, 3.8) is 0 Å². The van der Waals surface area contributed by atoms with Crippen LogP contribution in [0.15, 0.2) is 40.7 Å². The molecule has 3 atom stereocenters. The maximum atomic E-state index is 13.7. The van der Waals surface area contributed by atoms with E-state index in [0.717, 1.165) is 11.4 Å². The first-order chi connectivity index (χ1) is 16.4. The number of hydrogen-bond acceptors (Lipinski definition) is 9. The van der Waals surface area contributed by atoms with Crippen LogP contribution >= 0.6 is 11.8 Å². The number of benzene rings is 1. The van der Waals surface area contributed by atoms with Crippen molar-refractivity contribution < 1.29 is 33.3 Å². The van der Waals surface area contributed by atoms with E-state index in [4.69, 9.17) is 18.9 Å². The van der Waals surface area contributed by atoms with Crippen molar-refractivity contribution in [2.45, 2.75) is 33.1 Å². The fourth-order valence-electron chi connectivity index (χ4n) is 4.79. The molecule has 8 nitrogen and oxygen atoms in total. The van der Waals surface area contributed by atoms with Crippen LogP contribution < -0.4 is 14.8 Å². The highest BCUT2D eigenvalue weighted by Crippen LogP contribution is 2.47. The van der Waals surface area contributed by atoms with E-state index in [2.05, 4.69) is 5.32 Å². The highest BCUT2D eigenvalue weighted by molar-refractivity contribution is 7.99. The second kappa shape index (κ2) is 10.1. The normalized spacial score (nSPS) is 23.4. The molecule has 0 saturated carbocycles. The molecule has 0 bridgehead atoms. The number of esters is 2. The highest BCUT2D eigenvalue weighted by atomic mass is 32.2. The molecule has 1 aromatic carbocycles. The summed E-state index contributed by atoms with van der Waals surface area (Å²) >= 11 is 1.68. The first-order valence-corrected chi connectivity index (χ1v) is 12.5. The third kappa shape index (κ3) is 4.41. The number of ketones is 1. The van der Waals surface area contributed by atoms with Crippen LogP contribution in [0.25, 0.3) is 0 Å². The van der Waals surface area contributed by atoms with Gasteiger partial charge in [0.05, 0.1) is 12.7 Å². The van der Waals surface area contributed by atoms with Gasteiger partial charge in [0.2, 0.25) is 6.79 Å². The van der Waals surface area contributed by atoms with Gasteiger partial charge in [-0.1, -0.05) is 19.9 Å². The number of nitrogens with one attached hydrogen (secondary N) is 1. The molecule has 2 aliphatic heterocycles. The second-order valence-electron chi connectivity index (χ2n) is 8.48. The fraction of sp³-hybridized carbons (Fsp3) is 0.480. The van der Waals surface area contributed by atoms with E-state index in [1.54, 1.807) is 23.9 Å². The molecule has 1 aromatic rings. The molecular weight excluding hydrogens is 458 g/mol. The van der Waals surface area contributed by atoms with Gasteiger partial charge in [-0.05, 0) is 42.7 Å². The molecule has 1 aliphatic carbocycles. The van der Waals surface area contributed by atoms with Crippen molar-refractivity contribution in [1.29, 1.82) is 0 Å². The number of dihydropyridines is 1. The lowest BCUT2D eigenvalue weighted by Gasteiger charge is -2.38. The third-order valence-electron chi connectivity index (χ3n) is 6.36. The van der Waals surface area contributed by atoms with Gasteiger partial charge < -0.3 is 24.3 Å². The smallest absolute Gasteiger partial charge is 0.336 e. The maximum Gasteiger partial charge on any atom is 0.336 e. The zero-order valence-corrected chi connectivity index (χ0v) is 20.6. The Kier molecular flexibility index (Phi) is 7.21. The fourth-order valence-corrected chi connectivity index (χ4v) is 5.28. The molecule has 2 heterocycles. The number of thioether (sulfide) groups is 1. The standard InChI is InChI=1S/C25H29NO7S/c1-5-34-9-8-31-25(29)20-14(3)26-16-10-13(2)19(24(28)30-4)23(27)22(16)21(20)15-6-7-17-18(11-15)33-12-32-17/h6-7,11,13,19,21,26H,5,8-10,12H2,1-4H3/t13-,19-,21-/m1/s1. The molecular formula is C25H29NO7S. The van der Waals surface area contributed by atoms with E-state index in [9.17, 15) is 14.4 Å². The summed E-state index contributed by atoms with van der Waals surface area (Å²) in [7, 11) is 1.28. The van der Waals surface area contributed by atoms with Crippen LogP contribution in [0.3, 0.4) is 0 Å². The number of carbonyl (C=O) groups excluding carboxylic acids is 3. The van der Waals surface area contributed by atoms with Gasteiger partial charge in [-0.25, -0.2) is 4.79 Å². The maximum absolute atomic E-state index is 13.7. The predicted molar refractivity (Wildman–Crippen MR) is 126 cm³/mol. The van der Waals surface area contributed by atoms with E-state index < -0.39 is 23.8 Å². The van der Waals surface area contributed by atoms with E-state index >= 15 is 0 Å². The highest BCUT2D eigenvalue weighted by Gasteiger charge is 2.47. The molecule has 0 radical (unpaired) electrons. The van der Waals surface area contributed by atoms with Crippen LogP contribution in [0, 0.1) is 11.8 Å². The molecule has 0 fully saturated rings. The topological polar surface area (TPSA) is 100 Å². The van der Waals surface area contributed by atoms with E-state index in [1.165, 1.54) is 7.11 Å². The van der Waals surface area contributed by atoms with Gasteiger partial charge in [-0.2, -0.15) is 11.8 Å². The Labute approximate surface area is 203 Å². The molecule has 182 valence electrons. The minimum absolute atomic E-state index is 0.110. The summed E-state index contributed by atoms with van der Waals surface area (Å²) in [5, 5.41) is 3.27. The number of hydrogen-bond donors (Lipinski definition) is 1. The molecule has 9 heteroatoms. The summed E-state index contributed by atoms with van der Waals surface area (Å²) < 4.78 is 21.5. The summed E-state index contributed by atoms with van der Waals surface area (Å²) in [6, 6.07) is 5.37. The largest absolute Gasteiger partial charge is 0.468 e. The zero-order valence-electron chi connectivity index (χ0n) is 19.8. The van der Waals surface area contributed by atoms with Crippen molar-refractivity contribution in [2.24, 2.45) is 11.8 Å². The molecule has 0 saturated heterocycles. The summed E-state index contributed by atoms with van der Waals surface area (Å²) in [5.74, 6) is -0.510. The van der Waals surface area contributed by atoms with Gasteiger partial charge in [0.25, 0.3) is 0 Å². The Morgan fingerprint density at radius 3 is 2.74 bits per heavy atom. The Morgan fingerprint density at radius 1 is 1.24 bits per heavy atom. The first-order valence-electron chi connectivity index (χ1n) is 11.3. The van der Waals surface area contributed by atoms with Crippen molar-refractivity contribution in [3.05, 3.63) is 46.3 Å². The predicted octanol–water partition coefficient (Wildman–Crippen LogP) is 3.32.